The fourth-order valence-electron chi connectivity index (χ4n) is 1.42. The molecule has 112 valence electrons. The van der Waals surface area contributed by atoms with Gasteiger partial charge in [0.05, 0.1) is 0 Å². The van der Waals surface area contributed by atoms with Crippen LogP contribution in [0.25, 0.3) is 0 Å². The largest absolute Gasteiger partial charge is 0.356 e. The Kier molecular flexibility index (Phi) is 6.56. The third kappa shape index (κ3) is 6.09. The molecule has 8 heteroatoms. The van der Waals surface area contributed by atoms with E-state index in [2.05, 4.69) is 15.0 Å². The van der Waals surface area contributed by atoms with Crippen LogP contribution in [0.1, 0.15) is 19.8 Å². The highest BCUT2D eigenvalue weighted by Gasteiger charge is 2.13. The highest BCUT2D eigenvalue weighted by Crippen LogP contribution is 2.04. The van der Waals surface area contributed by atoms with Crippen LogP contribution in [-0.4, -0.2) is 38.4 Å². The van der Waals surface area contributed by atoms with Crippen LogP contribution in [0.15, 0.2) is 29.4 Å². The first-order valence-corrected chi connectivity index (χ1v) is 7.82. The van der Waals surface area contributed by atoms with E-state index >= 15 is 0 Å². The number of nitrogens with two attached hydrogens (primary N) is 1. The minimum Gasteiger partial charge on any atom is -0.356 e. The lowest BCUT2D eigenvalue weighted by Crippen LogP contribution is -2.32. The minimum atomic E-state index is -3.60. The molecule has 20 heavy (non-hydrogen) atoms. The molecule has 0 spiro atoms. The van der Waals surface area contributed by atoms with Gasteiger partial charge < -0.3 is 11.1 Å². The number of hydrogen-bond acceptors (Lipinski definition) is 5. The van der Waals surface area contributed by atoms with Gasteiger partial charge in [0, 0.05) is 37.9 Å². The van der Waals surface area contributed by atoms with Gasteiger partial charge in [-0.05, 0) is 25.5 Å². The molecule has 0 aliphatic heterocycles. The monoisotopic (exact) mass is 300 g/mol. The fourth-order valence-corrected chi connectivity index (χ4v) is 2.41. The van der Waals surface area contributed by atoms with Crippen LogP contribution in [0.4, 0.5) is 0 Å². The van der Waals surface area contributed by atoms with E-state index in [4.69, 9.17) is 5.73 Å². The van der Waals surface area contributed by atoms with E-state index in [1.54, 1.807) is 0 Å². The van der Waals surface area contributed by atoms with E-state index in [0.29, 0.717) is 13.0 Å². The number of aromatic nitrogens is 1. The van der Waals surface area contributed by atoms with Crippen molar-refractivity contribution in [3.8, 4) is 0 Å². The molecule has 7 nitrogen and oxygen atoms in total. The Bertz CT molecular complexity index is 517. The van der Waals surface area contributed by atoms with Gasteiger partial charge in [-0.3, -0.25) is 9.78 Å². The number of amides is 1. The predicted molar refractivity (Wildman–Crippen MR) is 75.3 cm³/mol. The van der Waals surface area contributed by atoms with Gasteiger partial charge >= 0.3 is 0 Å². The van der Waals surface area contributed by atoms with Crippen LogP contribution in [0, 0.1) is 0 Å². The van der Waals surface area contributed by atoms with Gasteiger partial charge in [0.1, 0.15) is 4.90 Å². The van der Waals surface area contributed by atoms with Crippen LogP contribution in [0.5, 0.6) is 0 Å². The molecule has 0 saturated heterocycles. The van der Waals surface area contributed by atoms with Crippen molar-refractivity contribution in [2.75, 3.05) is 13.1 Å². The second-order valence-corrected chi connectivity index (χ2v) is 6.22. The standard InChI is InChI=1S/C12H20N4O3S/c1-10(13)4-7-15-12(17)5-8-16-20(18,19)11-3-2-6-14-9-11/h2-3,6,9-10,16H,4-5,7-8,13H2,1H3,(H,15,17). The summed E-state index contributed by atoms with van der Waals surface area (Å²) >= 11 is 0. The molecule has 1 aromatic rings. The molecule has 0 bridgehead atoms. The van der Waals surface area contributed by atoms with Gasteiger partial charge in [0.15, 0.2) is 0 Å². The third-order valence-electron chi connectivity index (χ3n) is 2.51. The van der Waals surface area contributed by atoms with Gasteiger partial charge in [0.25, 0.3) is 0 Å². The van der Waals surface area contributed by atoms with E-state index in [1.165, 1.54) is 24.5 Å². The number of sulfonamides is 1. The van der Waals surface area contributed by atoms with E-state index in [9.17, 15) is 13.2 Å². The number of nitrogens with one attached hydrogen (secondary N) is 2. The quantitative estimate of drug-likeness (QED) is 0.604. The Hall–Kier alpha value is -1.51. The smallest absolute Gasteiger partial charge is 0.242 e. The van der Waals surface area contributed by atoms with Crippen molar-refractivity contribution in [3.05, 3.63) is 24.5 Å². The van der Waals surface area contributed by atoms with Gasteiger partial charge in [-0.25, -0.2) is 13.1 Å². The molecule has 1 aromatic heterocycles. The molecule has 0 saturated carbocycles. The highest BCUT2D eigenvalue weighted by molar-refractivity contribution is 7.89. The zero-order valence-electron chi connectivity index (χ0n) is 11.4. The number of carbonyl (C=O) groups is 1. The Morgan fingerprint density at radius 2 is 2.20 bits per heavy atom. The highest BCUT2D eigenvalue weighted by atomic mass is 32.2. The summed E-state index contributed by atoms with van der Waals surface area (Å²) in [5.74, 6) is -0.209. The molecule has 0 radical (unpaired) electrons. The summed E-state index contributed by atoms with van der Waals surface area (Å²) in [6, 6.07) is 3.01. The summed E-state index contributed by atoms with van der Waals surface area (Å²) in [6.45, 7) is 2.39. The van der Waals surface area contributed by atoms with Gasteiger partial charge in [0.2, 0.25) is 15.9 Å². The molecule has 1 atom stereocenters. The molecule has 0 aliphatic rings. The van der Waals surface area contributed by atoms with Crippen molar-refractivity contribution in [2.45, 2.75) is 30.7 Å². The van der Waals surface area contributed by atoms with Crippen molar-refractivity contribution in [3.63, 3.8) is 0 Å². The van der Waals surface area contributed by atoms with Gasteiger partial charge in [-0.1, -0.05) is 0 Å². The Balaban J connectivity index is 2.32. The summed E-state index contributed by atoms with van der Waals surface area (Å²) in [6.07, 6.45) is 3.52. The maximum atomic E-state index is 11.8. The lowest BCUT2D eigenvalue weighted by atomic mass is 10.2. The summed E-state index contributed by atoms with van der Waals surface area (Å²) in [5.41, 5.74) is 5.55. The number of carbonyl (C=O) groups excluding carboxylic acids is 1. The van der Waals surface area contributed by atoms with Crippen LogP contribution >= 0.6 is 0 Å². The maximum absolute atomic E-state index is 11.8. The van der Waals surface area contributed by atoms with E-state index < -0.39 is 10.0 Å². The second kappa shape index (κ2) is 7.93. The molecule has 0 aromatic carbocycles. The topological polar surface area (TPSA) is 114 Å². The number of rotatable bonds is 8. The zero-order valence-corrected chi connectivity index (χ0v) is 12.2. The van der Waals surface area contributed by atoms with Crippen molar-refractivity contribution in [2.24, 2.45) is 5.73 Å². The van der Waals surface area contributed by atoms with E-state index in [1.807, 2.05) is 6.92 Å². The Labute approximate surface area is 119 Å². The van der Waals surface area contributed by atoms with E-state index in [0.717, 1.165) is 0 Å². The van der Waals surface area contributed by atoms with Crippen LogP contribution in [0.3, 0.4) is 0 Å². The molecular formula is C12H20N4O3S. The minimum absolute atomic E-state index is 0.0272. The molecule has 0 fully saturated rings. The maximum Gasteiger partial charge on any atom is 0.242 e. The summed E-state index contributed by atoms with van der Waals surface area (Å²) < 4.78 is 26.0. The average Bonchev–Trinajstić information content (AvgIpc) is 2.39. The van der Waals surface area contributed by atoms with Crippen molar-refractivity contribution in [1.29, 1.82) is 0 Å². The summed E-state index contributed by atoms with van der Waals surface area (Å²) in [7, 11) is -3.60. The lowest BCUT2D eigenvalue weighted by molar-refractivity contribution is -0.120. The van der Waals surface area contributed by atoms with Crippen molar-refractivity contribution < 1.29 is 13.2 Å². The lowest BCUT2D eigenvalue weighted by Gasteiger charge is -2.08. The van der Waals surface area contributed by atoms with Crippen LogP contribution in [-0.2, 0) is 14.8 Å². The average molecular weight is 300 g/mol. The van der Waals surface area contributed by atoms with Crippen LogP contribution < -0.4 is 15.8 Å². The normalized spacial score (nSPS) is 12.9. The SMILES string of the molecule is CC(N)CCNC(=O)CCNS(=O)(=O)c1cccnc1. The van der Waals surface area contributed by atoms with Crippen molar-refractivity contribution in [1.82, 2.24) is 15.0 Å². The molecular weight excluding hydrogens is 280 g/mol. The molecule has 1 unspecified atom stereocenters. The first kappa shape index (κ1) is 16.5. The molecule has 4 N–H and O–H groups in total. The molecule has 1 rings (SSSR count). The van der Waals surface area contributed by atoms with E-state index in [-0.39, 0.29) is 29.8 Å². The molecule has 0 aliphatic carbocycles. The summed E-state index contributed by atoms with van der Waals surface area (Å²) in [4.78, 5) is 15.3. The van der Waals surface area contributed by atoms with Gasteiger partial charge in [-0.15, -0.1) is 0 Å². The molecule has 1 amide bonds. The molecule has 1 heterocycles. The first-order valence-electron chi connectivity index (χ1n) is 6.34. The van der Waals surface area contributed by atoms with Crippen molar-refractivity contribution >= 4 is 15.9 Å². The Morgan fingerprint density at radius 1 is 1.45 bits per heavy atom. The summed E-state index contributed by atoms with van der Waals surface area (Å²) in [5, 5.41) is 2.67. The first-order chi connectivity index (χ1) is 9.42. The second-order valence-electron chi connectivity index (χ2n) is 4.45. The third-order valence-corrected chi connectivity index (χ3v) is 3.96. The fraction of sp³-hybridized carbons (Fsp3) is 0.500. The van der Waals surface area contributed by atoms with Gasteiger partial charge in [-0.2, -0.15) is 0 Å². The zero-order chi connectivity index (χ0) is 15.0. The predicted octanol–water partition coefficient (Wildman–Crippen LogP) is -0.396. The number of hydrogen-bond donors (Lipinski definition) is 3. The van der Waals surface area contributed by atoms with Crippen LogP contribution in [0.2, 0.25) is 0 Å². The number of nitrogens with zero attached hydrogens (tertiary/aromatic N) is 1. The Morgan fingerprint density at radius 3 is 2.80 bits per heavy atom. The number of pyridine rings is 1.